The molecule has 1 aromatic carbocycles. The van der Waals surface area contributed by atoms with Crippen LogP contribution in [0.2, 0.25) is 0 Å². The van der Waals surface area contributed by atoms with Crippen molar-refractivity contribution in [1.29, 1.82) is 0 Å². The minimum absolute atomic E-state index is 0. The fourth-order valence-electron chi connectivity index (χ4n) is 2.09. The molecule has 96 valence electrons. The molecule has 1 saturated carbocycles. The van der Waals surface area contributed by atoms with Gasteiger partial charge in [-0.1, -0.05) is 0 Å². The third kappa shape index (κ3) is 2.85. The van der Waals surface area contributed by atoms with E-state index in [2.05, 4.69) is 0 Å². The Hall–Kier alpha value is -0.930. The van der Waals surface area contributed by atoms with Crippen LogP contribution in [0.1, 0.15) is 30.0 Å². The largest absolute Gasteiger partial charge is 0.496 e. The van der Waals surface area contributed by atoms with Crippen LogP contribution in [0.4, 0.5) is 0 Å². The number of methoxy groups -OCH3 is 2. The summed E-state index contributed by atoms with van der Waals surface area (Å²) in [5.41, 5.74) is 8.38. The Morgan fingerprint density at radius 1 is 1.18 bits per heavy atom. The highest BCUT2D eigenvalue weighted by atomic mass is 35.5. The van der Waals surface area contributed by atoms with Gasteiger partial charge in [0, 0.05) is 6.04 Å². The van der Waals surface area contributed by atoms with Gasteiger partial charge < -0.3 is 15.2 Å². The lowest BCUT2D eigenvalue weighted by Crippen LogP contribution is -2.15. The van der Waals surface area contributed by atoms with E-state index in [4.69, 9.17) is 15.2 Å². The van der Waals surface area contributed by atoms with Crippen molar-refractivity contribution in [2.24, 2.45) is 11.7 Å². The smallest absolute Gasteiger partial charge is 0.127 e. The molecular weight excluding hydrogens is 238 g/mol. The fraction of sp³-hybridized carbons (Fsp3) is 0.538. The maximum atomic E-state index is 6.24. The molecule has 1 fully saturated rings. The van der Waals surface area contributed by atoms with E-state index < -0.39 is 0 Å². The zero-order chi connectivity index (χ0) is 11.7. The fourth-order valence-corrected chi connectivity index (χ4v) is 2.09. The first-order valence-electron chi connectivity index (χ1n) is 5.65. The number of rotatable bonds is 4. The minimum atomic E-state index is 0. The van der Waals surface area contributed by atoms with Crippen molar-refractivity contribution in [2.75, 3.05) is 14.2 Å². The second kappa shape index (κ2) is 5.61. The first kappa shape index (κ1) is 14.1. The number of hydrogen-bond acceptors (Lipinski definition) is 3. The Morgan fingerprint density at radius 3 is 2.00 bits per heavy atom. The number of nitrogens with two attached hydrogens (primary N) is 1. The number of benzene rings is 1. The Balaban J connectivity index is 0.00000144. The number of halogens is 1. The Labute approximate surface area is 109 Å². The molecule has 2 N–H and O–H groups in total. The molecule has 0 saturated heterocycles. The van der Waals surface area contributed by atoms with Crippen LogP contribution in [0, 0.1) is 12.8 Å². The van der Waals surface area contributed by atoms with E-state index in [1.807, 2.05) is 19.1 Å². The maximum Gasteiger partial charge on any atom is 0.127 e. The van der Waals surface area contributed by atoms with Crippen LogP contribution in [0.5, 0.6) is 11.5 Å². The van der Waals surface area contributed by atoms with Gasteiger partial charge in [0.05, 0.1) is 19.8 Å². The molecule has 1 aliphatic carbocycles. The Bertz CT molecular complexity index is 366. The van der Waals surface area contributed by atoms with Crippen molar-refractivity contribution in [2.45, 2.75) is 25.8 Å². The van der Waals surface area contributed by atoms with Crippen molar-refractivity contribution < 1.29 is 9.47 Å². The average molecular weight is 258 g/mol. The van der Waals surface area contributed by atoms with E-state index in [1.54, 1.807) is 14.2 Å². The maximum absolute atomic E-state index is 6.24. The van der Waals surface area contributed by atoms with Crippen LogP contribution in [0.25, 0.3) is 0 Å². The molecule has 0 amide bonds. The van der Waals surface area contributed by atoms with Crippen LogP contribution in [-0.4, -0.2) is 14.2 Å². The van der Waals surface area contributed by atoms with Gasteiger partial charge in [-0.3, -0.25) is 0 Å². The molecule has 1 aliphatic rings. The summed E-state index contributed by atoms with van der Waals surface area (Å²) in [7, 11) is 3.36. The summed E-state index contributed by atoms with van der Waals surface area (Å²) in [6.45, 7) is 2.03. The van der Waals surface area contributed by atoms with Crippen molar-refractivity contribution in [3.8, 4) is 11.5 Å². The van der Waals surface area contributed by atoms with Crippen LogP contribution in [0.3, 0.4) is 0 Å². The lowest BCUT2D eigenvalue weighted by molar-refractivity contribution is 0.374. The number of aryl methyl sites for hydroxylation is 1. The van der Waals surface area contributed by atoms with Gasteiger partial charge in [0.2, 0.25) is 0 Å². The quantitative estimate of drug-likeness (QED) is 0.902. The van der Waals surface area contributed by atoms with Gasteiger partial charge in [0.15, 0.2) is 0 Å². The van der Waals surface area contributed by atoms with Crippen LogP contribution < -0.4 is 15.2 Å². The van der Waals surface area contributed by atoms with E-state index in [9.17, 15) is 0 Å². The predicted octanol–water partition coefficient (Wildman–Crippen LogP) is 2.84. The predicted molar refractivity (Wildman–Crippen MR) is 71.2 cm³/mol. The van der Waals surface area contributed by atoms with Gasteiger partial charge in [0.25, 0.3) is 0 Å². The second-order valence-corrected chi connectivity index (χ2v) is 4.45. The van der Waals surface area contributed by atoms with E-state index in [0.717, 1.165) is 22.6 Å². The first-order valence-corrected chi connectivity index (χ1v) is 5.65. The Morgan fingerprint density at radius 2 is 1.65 bits per heavy atom. The highest BCUT2D eigenvalue weighted by molar-refractivity contribution is 5.85. The summed E-state index contributed by atoms with van der Waals surface area (Å²) in [4.78, 5) is 0. The molecule has 0 aromatic heterocycles. The minimum Gasteiger partial charge on any atom is -0.496 e. The molecule has 0 unspecified atom stereocenters. The molecule has 0 radical (unpaired) electrons. The Kier molecular flexibility index (Phi) is 4.66. The normalized spacial score (nSPS) is 16.0. The van der Waals surface area contributed by atoms with E-state index in [0.29, 0.717) is 5.92 Å². The molecule has 2 rings (SSSR count). The SMILES string of the molecule is COc1cc(C)cc(OC)c1[C@@H](N)C1CC1.Cl. The summed E-state index contributed by atoms with van der Waals surface area (Å²) in [6, 6.07) is 4.06. The molecule has 0 heterocycles. The number of hydrogen-bond donors (Lipinski definition) is 1. The third-order valence-corrected chi connectivity index (χ3v) is 3.15. The van der Waals surface area contributed by atoms with E-state index >= 15 is 0 Å². The topological polar surface area (TPSA) is 44.5 Å². The molecule has 0 bridgehead atoms. The zero-order valence-corrected chi connectivity index (χ0v) is 11.3. The molecule has 3 nitrogen and oxygen atoms in total. The summed E-state index contributed by atoms with van der Waals surface area (Å²) in [6.07, 6.45) is 2.42. The van der Waals surface area contributed by atoms with Gasteiger partial charge >= 0.3 is 0 Å². The lowest BCUT2D eigenvalue weighted by atomic mass is 9.99. The van der Waals surface area contributed by atoms with Gasteiger partial charge in [-0.25, -0.2) is 0 Å². The molecule has 1 atom stereocenters. The summed E-state index contributed by atoms with van der Waals surface area (Å²) < 4.78 is 10.8. The zero-order valence-electron chi connectivity index (χ0n) is 10.5. The standard InChI is InChI=1S/C13H19NO2.ClH/c1-8-6-10(15-2)12(11(7-8)16-3)13(14)9-4-5-9;/h6-7,9,13H,4-5,14H2,1-3H3;1H/t13-;/m0./s1. The van der Waals surface area contributed by atoms with Crippen molar-refractivity contribution in [3.63, 3.8) is 0 Å². The van der Waals surface area contributed by atoms with Gasteiger partial charge in [0.1, 0.15) is 11.5 Å². The average Bonchev–Trinajstić information content (AvgIpc) is 3.10. The second-order valence-electron chi connectivity index (χ2n) is 4.45. The summed E-state index contributed by atoms with van der Waals surface area (Å²) >= 11 is 0. The molecule has 0 spiro atoms. The monoisotopic (exact) mass is 257 g/mol. The van der Waals surface area contributed by atoms with Crippen molar-refractivity contribution >= 4 is 12.4 Å². The molecule has 1 aromatic rings. The lowest BCUT2D eigenvalue weighted by Gasteiger charge is -2.19. The summed E-state index contributed by atoms with van der Waals surface area (Å²) in [5.74, 6) is 2.28. The van der Waals surface area contributed by atoms with E-state index in [-0.39, 0.29) is 18.4 Å². The highest BCUT2D eigenvalue weighted by Gasteiger charge is 2.33. The van der Waals surface area contributed by atoms with Gasteiger partial charge in [-0.05, 0) is 43.4 Å². The molecule has 17 heavy (non-hydrogen) atoms. The first-order chi connectivity index (χ1) is 7.67. The molecular formula is C13H20ClNO2. The van der Waals surface area contributed by atoms with Gasteiger partial charge in [-0.2, -0.15) is 0 Å². The number of ether oxygens (including phenoxy) is 2. The van der Waals surface area contributed by atoms with Crippen molar-refractivity contribution in [1.82, 2.24) is 0 Å². The van der Waals surface area contributed by atoms with E-state index in [1.165, 1.54) is 12.8 Å². The molecule has 0 aliphatic heterocycles. The van der Waals surface area contributed by atoms with Crippen molar-refractivity contribution in [3.05, 3.63) is 23.3 Å². The van der Waals surface area contributed by atoms with Gasteiger partial charge in [-0.15, -0.1) is 12.4 Å². The van der Waals surface area contributed by atoms with Crippen LogP contribution in [-0.2, 0) is 0 Å². The summed E-state index contributed by atoms with van der Waals surface area (Å²) in [5, 5.41) is 0. The van der Waals surface area contributed by atoms with Crippen LogP contribution in [0.15, 0.2) is 12.1 Å². The molecule has 4 heteroatoms. The van der Waals surface area contributed by atoms with Crippen LogP contribution >= 0.6 is 12.4 Å². The highest BCUT2D eigenvalue weighted by Crippen LogP contribution is 2.45. The third-order valence-electron chi connectivity index (χ3n) is 3.15.